The van der Waals surface area contributed by atoms with Gasteiger partial charge in [-0.2, -0.15) is 0 Å². The zero-order valence-corrected chi connectivity index (χ0v) is 23.7. The molecule has 3 heterocycles. The van der Waals surface area contributed by atoms with Crippen LogP contribution in [0.4, 0.5) is 15.8 Å². The molecule has 5 nitrogen and oxygen atoms in total. The molecule has 0 saturated carbocycles. The molecule has 4 atom stereocenters. The lowest BCUT2D eigenvalue weighted by Gasteiger charge is -2.37. The van der Waals surface area contributed by atoms with Crippen molar-refractivity contribution in [3.63, 3.8) is 0 Å². The summed E-state index contributed by atoms with van der Waals surface area (Å²) in [5.41, 5.74) is 1.71. The van der Waals surface area contributed by atoms with Crippen LogP contribution in [0.15, 0.2) is 102 Å². The minimum atomic E-state index is -1.58. The molecule has 1 N–H and O–H groups in total. The number of hydrogen-bond donors (Lipinski definition) is 1. The van der Waals surface area contributed by atoms with E-state index in [-0.39, 0.29) is 17.1 Å². The summed E-state index contributed by atoms with van der Waals surface area (Å²) in [7, 11) is 0. The maximum Gasteiger partial charge on any atom is 0.238 e. The second-order valence-corrected chi connectivity index (χ2v) is 11.8. The van der Waals surface area contributed by atoms with Crippen LogP contribution in [0.1, 0.15) is 31.8 Å². The molecule has 8 heteroatoms. The molecule has 4 aromatic carbocycles. The van der Waals surface area contributed by atoms with Crippen LogP contribution in [0.3, 0.4) is 0 Å². The van der Waals surface area contributed by atoms with Crippen molar-refractivity contribution >= 4 is 62.5 Å². The molecule has 202 valence electrons. The highest BCUT2D eigenvalue weighted by atomic mass is 79.9. The van der Waals surface area contributed by atoms with Crippen molar-refractivity contribution in [1.82, 2.24) is 0 Å². The van der Waals surface area contributed by atoms with Gasteiger partial charge in [0.15, 0.2) is 11.6 Å². The molecule has 0 aliphatic carbocycles. The third kappa shape index (κ3) is 3.76. The predicted octanol–water partition coefficient (Wildman–Crippen LogP) is 7.10. The average molecular weight is 628 g/mol. The summed E-state index contributed by atoms with van der Waals surface area (Å²) in [4.78, 5) is 45.6. The predicted molar refractivity (Wildman–Crippen MR) is 160 cm³/mol. The van der Waals surface area contributed by atoms with Crippen LogP contribution in [-0.2, 0) is 10.2 Å². The van der Waals surface area contributed by atoms with E-state index in [0.29, 0.717) is 27.5 Å². The molecule has 1 amide bonds. The smallest absolute Gasteiger partial charge is 0.238 e. The maximum atomic E-state index is 14.7. The van der Waals surface area contributed by atoms with Crippen LogP contribution in [0.5, 0.6) is 0 Å². The Kier molecular flexibility index (Phi) is 5.99. The number of anilines is 2. The third-order valence-electron chi connectivity index (χ3n) is 8.39. The van der Waals surface area contributed by atoms with Crippen molar-refractivity contribution in [2.24, 2.45) is 5.92 Å². The van der Waals surface area contributed by atoms with Crippen molar-refractivity contribution < 1.29 is 18.8 Å². The van der Waals surface area contributed by atoms with Crippen LogP contribution in [0.2, 0.25) is 5.02 Å². The number of fused-ring (bicyclic) bond motifs is 5. The number of halogens is 3. The molecule has 1 saturated heterocycles. The molecule has 3 aliphatic rings. The molecule has 7 rings (SSSR count). The van der Waals surface area contributed by atoms with Gasteiger partial charge in [-0.3, -0.25) is 14.4 Å². The molecular weight excluding hydrogens is 607 g/mol. The monoisotopic (exact) mass is 626 g/mol. The zero-order valence-electron chi connectivity index (χ0n) is 21.4. The van der Waals surface area contributed by atoms with Gasteiger partial charge in [-0.25, -0.2) is 4.39 Å². The minimum absolute atomic E-state index is 0.264. The second kappa shape index (κ2) is 9.50. The third-order valence-corrected chi connectivity index (χ3v) is 9.15. The number of rotatable bonds is 4. The Morgan fingerprint density at radius 3 is 2.34 bits per heavy atom. The Labute approximate surface area is 248 Å². The fourth-order valence-corrected chi connectivity index (χ4v) is 7.18. The van der Waals surface area contributed by atoms with E-state index in [4.69, 9.17) is 11.6 Å². The van der Waals surface area contributed by atoms with E-state index in [0.717, 1.165) is 10.0 Å². The topological polar surface area (TPSA) is 66.5 Å². The first-order valence-corrected chi connectivity index (χ1v) is 14.2. The van der Waals surface area contributed by atoms with Crippen molar-refractivity contribution in [3.8, 4) is 0 Å². The average Bonchev–Trinajstić information content (AvgIpc) is 3.44. The van der Waals surface area contributed by atoms with Gasteiger partial charge < -0.3 is 10.2 Å². The number of carbonyl (C=O) groups is 3. The summed E-state index contributed by atoms with van der Waals surface area (Å²) in [6.07, 6.45) is 3.75. The molecule has 0 radical (unpaired) electrons. The highest BCUT2D eigenvalue weighted by Crippen LogP contribution is 2.58. The molecule has 41 heavy (non-hydrogen) atoms. The lowest BCUT2D eigenvalue weighted by Crippen LogP contribution is -2.55. The first-order valence-electron chi connectivity index (χ1n) is 13.1. The summed E-state index contributed by atoms with van der Waals surface area (Å²) < 4.78 is 14.7. The van der Waals surface area contributed by atoms with Crippen LogP contribution in [0.25, 0.3) is 6.08 Å². The molecule has 4 aromatic rings. The van der Waals surface area contributed by atoms with Gasteiger partial charge in [-0.15, -0.1) is 0 Å². The van der Waals surface area contributed by atoms with E-state index in [9.17, 15) is 18.8 Å². The lowest BCUT2D eigenvalue weighted by molar-refractivity contribution is -0.121. The number of nitrogens with one attached hydrogen (secondary N) is 1. The Hall–Kier alpha value is -4.07. The summed E-state index contributed by atoms with van der Waals surface area (Å²) in [5, 5.41) is 3.51. The summed E-state index contributed by atoms with van der Waals surface area (Å²) >= 11 is 9.77. The quantitative estimate of drug-likeness (QED) is 0.245. The van der Waals surface area contributed by atoms with E-state index in [2.05, 4.69) is 21.2 Å². The van der Waals surface area contributed by atoms with E-state index >= 15 is 0 Å². The Bertz CT molecular complexity index is 1790. The van der Waals surface area contributed by atoms with E-state index < -0.39 is 35.1 Å². The van der Waals surface area contributed by atoms with Crippen molar-refractivity contribution in [1.29, 1.82) is 0 Å². The molecule has 3 aliphatic heterocycles. The number of para-hydroxylation sites is 1. The van der Waals surface area contributed by atoms with Crippen LogP contribution < -0.4 is 10.2 Å². The Morgan fingerprint density at radius 1 is 0.902 bits per heavy atom. The normalized spacial score (nSPS) is 23.6. The molecule has 0 bridgehead atoms. The summed E-state index contributed by atoms with van der Waals surface area (Å²) in [5.74, 6) is -2.53. The molecule has 4 unspecified atom stereocenters. The van der Waals surface area contributed by atoms with Gasteiger partial charge in [0, 0.05) is 32.0 Å². The second-order valence-electron chi connectivity index (χ2n) is 10.5. The van der Waals surface area contributed by atoms with Gasteiger partial charge in [0.2, 0.25) is 5.91 Å². The Balaban J connectivity index is 1.54. The first-order chi connectivity index (χ1) is 19.8. The van der Waals surface area contributed by atoms with Gasteiger partial charge in [-0.1, -0.05) is 70.0 Å². The summed E-state index contributed by atoms with van der Waals surface area (Å²) in [6.45, 7) is 0. The molecule has 1 fully saturated rings. The molecule has 1 spiro atoms. The molecular formula is C33H21BrClFN2O3. The fraction of sp³-hybridized carbons (Fsp3) is 0.121. The number of nitrogens with zero attached hydrogens (tertiary/aromatic N) is 1. The zero-order chi connectivity index (χ0) is 28.5. The van der Waals surface area contributed by atoms with Gasteiger partial charge in [0.05, 0.1) is 12.0 Å². The molecule has 0 aromatic heterocycles. The van der Waals surface area contributed by atoms with Crippen molar-refractivity contribution in [3.05, 3.63) is 135 Å². The number of hydrogen-bond acceptors (Lipinski definition) is 4. The number of benzene rings is 4. The van der Waals surface area contributed by atoms with Crippen LogP contribution in [0, 0.1) is 11.7 Å². The van der Waals surface area contributed by atoms with E-state index in [1.54, 1.807) is 48.5 Å². The van der Waals surface area contributed by atoms with E-state index in [1.807, 2.05) is 35.3 Å². The van der Waals surface area contributed by atoms with Crippen molar-refractivity contribution in [2.45, 2.75) is 17.5 Å². The number of carbonyl (C=O) groups excluding carboxylic acids is 3. The minimum Gasteiger partial charge on any atom is -0.352 e. The van der Waals surface area contributed by atoms with Crippen LogP contribution in [-0.4, -0.2) is 29.6 Å². The van der Waals surface area contributed by atoms with Gasteiger partial charge in [0.25, 0.3) is 0 Å². The largest absolute Gasteiger partial charge is 0.352 e. The SMILES string of the molecule is O=C(c1ccc(F)cc1)C1C2C=Cc3cc(Cl)ccc3N2C(C(=O)c2ccc(Br)cc2)C12C(=O)Nc1ccccc12. The number of Topliss-reactive ketones (excluding diaryl/α,β-unsaturated/α-hetero) is 2. The van der Waals surface area contributed by atoms with Crippen molar-refractivity contribution in [2.75, 3.05) is 10.2 Å². The van der Waals surface area contributed by atoms with Gasteiger partial charge in [0.1, 0.15) is 17.3 Å². The van der Waals surface area contributed by atoms with E-state index in [1.165, 1.54) is 24.3 Å². The van der Waals surface area contributed by atoms with Gasteiger partial charge in [-0.05, 0) is 71.8 Å². The highest BCUT2D eigenvalue weighted by Gasteiger charge is 2.71. The number of ketones is 2. The van der Waals surface area contributed by atoms with Gasteiger partial charge >= 0.3 is 0 Å². The number of amides is 1. The highest BCUT2D eigenvalue weighted by molar-refractivity contribution is 9.10. The lowest BCUT2D eigenvalue weighted by atomic mass is 9.63. The first kappa shape index (κ1) is 25.9. The standard InChI is InChI=1S/C33H21BrClFN2O3/c34-21-10-5-19(6-11-21)30(40)31-33(24-3-1-2-4-25(24)37-32(33)41)28(29(39)18-7-13-23(36)14-8-18)27-15-9-20-17-22(35)12-16-26(20)38(27)31/h1-17,27-28,31H,(H,37,41). The maximum absolute atomic E-state index is 14.7. The summed E-state index contributed by atoms with van der Waals surface area (Å²) in [6, 6.07) is 23.1. The Morgan fingerprint density at radius 2 is 1.59 bits per heavy atom. The van der Waals surface area contributed by atoms with Crippen LogP contribution >= 0.6 is 27.5 Å². The fourth-order valence-electron chi connectivity index (χ4n) is 6.73.